The summed E-state index contributed by atoms with van der Waals surface area (Å²) in [5.41, 5.74) is 6.55. The minimum Gasteiger partial charge on any atom is -0.383 e. The molecular formula is C8H13N3. The van der Waals surface area contributed by atoms with E-state index in [2.05, 4.69) is 9.97 Å². The van der Waals surface area contributed by atoms with E-state index in [1.807, 2.05) is 20.8 Å². The lowest BCUT2D eigenvalue weighted by atomic mass is 10.2. The number of aryl methyl sites for hydroxylation is 1. The molecule has 0 aliphatic heterocycles. The van der Waals surface area contributed by atoms with Crippen LogP contribution in [0.1, 0.15) is 31.2 Å². The maximum Gasteiger partial charge on any atom is 0.133 e. The first-order valence-electron chi connectivity index (χ1n) is 3.70. The van der Waals surface area contributed by atoms with E-state index in [0.717, 1.165) is 11.4 Å². The number of nitrogens with two attached hydrogens (primary N) is 1. The predicted octanol–water partition coefficient (Wildman–Crippen LogP) is 1.49. The van der Waals surface area contributed by atoms with Gasteiger partial charge in [0.15, 0.2) is 0 Å². The second-order valence-corrected chi connectivity index (χ2v) is 2.95. The standard InChI is InChI=1S/C8H13N3/c1-5(2)8-10-4-6(3)7(9)11-8/h4-5H,1-3H3,(H2,9,10,11). The first kappa shape index (κ1) is 7.98. The molecule has 1 heterocycles. The van der Waals surface area contributed by atoms with Crippen molar-refractivity contribution in [2.75, 3.05) is 5.73 Å². The Balaban J connectivity index is 3.05. The van der Waals surface area contributed by atoms with Crippen molar-refractivity contribution in [1.82, 2.24) is 9.97 Å². The Labute approximate surface area is 66.7 Å². The molecule has 0 aliphatic rings. The quantitative estimate of drug-likeness (QED) is 0.661. The van der Waals surface area contributed by atoms with Gasteiger partial charge in [-0.05, 0) is 6.92 Å². The van der Waals surface area contributed by atoms with Crippen LogP contribution in [0.4, 0.5) is 5.82 Å². The third-order valence-electron chi connectivity index (χ3n) is 1.55. The number of nitrogens with zero attached hydrogens (tertiary/aromatic N) is 2. The number of hydrogen-bond acceptors (Lipinski definition) is 3. The molecule has 3 nitrogen and oxygen atoms in total. The third-order valence-corrected chi connectivity index (χ3v) is 1.55. The summed E-state index contributed by atoms with van der Waals surface area (Å²) < 4.78 is 0. The molecule has 0 radical (unpaired) electrons. The molecule has 0 saturated carbocycles. The van der Waals surface area contributed by atoms with Crippen molar-refractivity contribution in [3.8, 4) is 0 Å². The highest BCUT2D eigenvalue weighted by Gasteiger charge is 2.03. The molecule has 60 valence electrons. The van der Waals surface area contributed by atoms with Crippen molar-refractivity contribution in [1.29, 1.82) is 0 Å². The molecular weight excluding hydrogens is 138 g/mol. The SMILES string of the molecule is Cc1cnc(C(C)C)nc1N. The summed E-state index contributed by atoms with van der Waals surface area (Å²) >= 11 is 0. The second-order valence-electron chi connectivity index (χ2n) is 2.95. The van der Waals surface area contributed by atoms with Crippen LogP contribution in [-0.2, 0) is 0 Å². The van der Waals surface area contributed by atoms with Gasteiger partial charge in [0.1, 0.15) is 11.6 Å². The smallest absolute Gasteiger partial charge is 0.133 e. The molecule has 0 fully saturated rings. The van der Waals surface area contributed by atoms with Crippen LogP contribution in [0.15, 0.2) is 6.20 Å². The van der Waals surface area contributed by atoms with Gasteiger partial charge in [0.05, 0.1) is 0 Å². The van der Waals surface area contributed by atoms with Crippen molar-refractivity contribution in [3.63, 3.8) is 0 Å². The Morgan fingerprint density at radius 3 is 2.55 bits per heavy atom. The zero-order valence-corrected chi connectivity index (χ0v) is 7.13. The van der Waals surface area contributed by atoms with Gasteiger partial charge in [0.2, 0.25) is 0 Å². The van der Waals surface area contributed by atoms with Crippen LogP contribution in [0.2, 0.25) is 0 Å². The van der Waals surface area contributed by atoms with E-state index in [-0.39, 0.29) is 0 Å². The number of nitrogen functional groups attached to an aromatic ring is 1. The molecule has 0 atom stereocenters. The zero-order valence-electron chi connectivity index (χ0n) is 7.13. The molecule has 2 N–H and O–H groups in total. The Morgan fingerprint density at radius 1 is 1.45 bits per heavy atom. The fourth-order valence-corrected chi connectivity index (χ4v) is 0.748. The van der Waals surface area contributed by atoms with Crippen molar-refractivity contribution in [2.24, 2.45) is 0 Å². The van der Waals surface area contributed by atoms with Crippen molar-refractivity contribution < 1.29 is 0 Å². The van der Waals surface area contributed by atoms with Gasteiger partial charge in [-0.3, -0.25) is 0 Å². The van der Waals surface area contributed by atoms with Gasteiger partial charge in [-0.2, -0.15) is 0 Å². The monoisotopic (exact) mass is 151 g/mol. The van der Waals surface area contributed by atoms with Crippen molar-refractivity contribution in [2.45, 2.75) is 26.7 Å². The number of rotatable bonds is 1. The van der Waals surface area contributed by atoms with Gasteiger partial charge in [0, 0.05) is 17.7 Å². The molecule has 0 aromatic carbocycles. The summed E-state index contributed by atoms with van der Waals surface area (Å²) in [6, 6.07) is 0. The fourth-order valence-electron chi connectivity index (χ4n) is 0.748. The first-order chi connectivity index (χ1) is 5.11. The van der Waals surface area contributed by atoms with E-state index in [1.165, 1.54) is 0 Å². The third kappa shape index (κ3) is 1.67. The largest absolute Gasteiger partial charge is 0.383 e. The number of aromatic nitrogens is 2. The summed E-state index contributed by atoms with van der Waals surface area (Å²) in [5, 5.41) is 0. The molecule has 1 aromatic heterocycles. The highest BCUT2D eigenvalue weighted by atomic mass is 14.9. The minimum atomic E-state index is 0.345. The average molecular weight is 151 g/mol. The molecule has 0 bridgehead atoms. The molecule has 0 amide bonds. The lowest BCUT2D eigenvalue weighted by molar-refractivity contribution is 0.774. The van der Waals surface area contributed by atoms with E-state index >= 15 is 0 Å². The Bertz CT molecular complexity index is 256. The Hall–Kier alpha value is -1.12. The van der Waals surface area contributed by atoms with E-state index in [9.17, 15) is 0 Å². The van der Waals surface area contributed by atoms with Gasteiger partial charge in [-0.25, -0.2) is 9.97 Å². The lowest BCUT2D eigenvalue weighted by Crippen LogP contribution is -2.02. The van der Waals surface area contributed by atoms with Gasteiger partial charge in [-0.1, -0.05) is 13.8 Å². The summed E-state index contributed by atoms with van der Waals surface area (Å²) in [6.07, 6.45) is 1.76. The second kappa shape index (κ2) is 2.86. The molecule has 3 heteroatoms. The van der Waals surface area contributed by atoms with Crippen LogP contribution < -0.4 is 5.73 Å². The van der Waals surface area contributed by atoms with Gasteiger partial charge in [0.25, 0.3) is 0 Å². The average Bonchev–Trinajstić information content (AvgIpc) is 1.94. The lowest BCUT2D eigenvalue weighted by Gasteiger charge is -2.04. The maximum absolute atomic E-state index is 5.61. The number of anilines is 1. The molecule has 0 unspecified atom stereocenters. The van der Waals surface area contributed by atoms with Crippen LogP contribution in [-0.4, -0.2) is 9.97 Å². The van der Waals surface area contributed by atoms with Crippen molar-refractivity contribution in [3.05, 3.63) is 17.6 Å². The molecule has 0 spiro atoms. The van der Waals surface area contributed by atoms with E-state index in [4.69, 9.17) is 5.73 Å². The van der Waals surface area contributed by atoms with Crippen LogP contribution in [0.3, 0.4) is 0 Å². The van der Waals surface area contributed by atoms with Crippen LogP contribution in [0.5, 0.6) is 0 Å². The molecule has 0 aliphatic carbocycles. The first-order valence-corrected chi connectivity index (χ1v) is 3.70. The maximum atomic E-state index is 5.61. The fraction of sp³-hybridized carbons (Fsp3) is 0.500. The highest BCUT2D eigenvalue weighted by Crippen LogP contribution is 2.11. The van der Waals surface area contributed by atoms with E-state index < -0.39 is 0 Å². The van der Waals surface area contributed by atoms with Gasteiger partial charge in [-0.15, -0.1) is 0 Å². The molecule has 1 aromatic rings. The molecule has 11 heavy (non-hydrogen) atoms. The summed E-state index contributed by atoms with van der Waals surface area (Å²) in [6.45, 7) is 5.99. The van der Waals surface area contributed by atoms with Crippen LogP contribution in [0, 0.1) is 6.92 Å². The van der Waals surface area contributed by atoms with Gasteiger partial charge >= 0.3 is 0 Å². The van der Waals surface area contributed by atoms with Crippen LogP contribution in [0.25, 0.3) is 0 Å². The zero-order chi connectivity index (χ0) is 8.43. The molecule has 1 rings (SSSR count). The number of hydrogen-bond donors (Lipinski definition) is 1. The van der Waals surface area contributed by atoms with E-state index in [1.54, 1.807) is 6.20 Å². The summed E-state index contributed by atoms with van der Waals surface area (Å²) in [5.74, 6) is 1.75. The van der Waals surface area contributed by atoms with Crippen LogP contribution >= 0.6 is 0 Å². The Morgan fingerprint density at radius 2 is 2.09 bits per heavy atom. The Kier molecular flexibility index (Phi) is 2.08. The molecule has 0 saturated heterocycles. The van der Waals surface area contributed by atoms with Gasteiger partial charge < -0.3 is 5.73 Å². The summed E-state index contributed by atoms with van der Waals surface area (Å²) in [4.78, 5) is 8.29. The van der Waals surface area contributed by atoms with E-state index in [0.29, 0.717) is 11.7 Å². The topological polar surface area (TPSA) is 51.8 Å². The normalized spacial score (nSPS) is 10.5. The predicted molar refractivity (Wildman–Crippen MR) is 45.3 cm³/mol. The minimum absolute atomic E-state index is 0.345. The highest BCUT2D eigenvalue weighted by molar-refractivity contribution is 5.36. The van der Waals surface area contributed by atoms with Crippen molar-refractivity contribution >= 4 is 5.82 Å². The summed E-state index contributed by atoms with van der Waals surface area (Å²) in [7, 11) is 0.